The van der Waals surface area contributed by atoms with Gasteiger partial charge in [0.2, 0.25) is 0 Å². The Labute approximate surface area is 117 Å². The molecule has 0 bridgehead atoms. The third-order valence-corrected chi connectivity index (χ3v) is 3.81. The van der Waals surface area contributed by atoms with Crippen LogP contribution in [0.4, 0.5) is 5.82 Å². The number of nitrogens with two attached hydrogens (primary N) is 1. The van der Waals surface area contributed by atoms with Crippen LogP contribution in [0.1, 0.15) is 5.69 Å². The first-order valence-electron chi connectivity index (χ1n) is 4.82. The zero-order chi connectivity index (χ0) is 13.1. The summed E-state index contributed by atoms with van der Waals surface area (Å²) >= 11 is 13.0. The molecule has 2 heterocycles. The third kappa shape index (κ3) is 2.84. The van der Waals surface area contributed by atoms with E-state index in [0.29, 0.717) is 20.6 Å². The van der Waals surface area contributed by atoms with Crippen molar-refractivity contribution in [3.63, 3.8) is 0 Å². The van der Waals surface area contributed by atoms with Crippen molar-refractivity contribution >= 4 is 40.8 Å². The van der Waals surface area contributed by atoms with Gasteiger partial charge in [-0.05, 0) is 6.07 Å². The molecule has 8 heteroatoms. The number of nitrogens with zero attached hydrogens (tertiary/aromatic N) is 3. The molecule has 0 unspecified atom stereocenters. The zero-order valence-corrected chi connectivity index (χ0v) is 11.3. The molecule has 18 heavy (non-hydrogen) atoms. The summed E-state index contributed by atoms with van der Waals surface area (Å²) in [6, 6.07) is 1.72. The smallest absolute Gasteiger partial charge is 0.152 e. The molecule has 2 aromatic rings. The molecule has 94 valence electrons. The normalized spacial score (nSPS) is 10.6. The number of rotatable bonds is 3. The lowest BCUT2D eigenvalue weighted by Gasteiger charge is -2.06. The maximum atomic E-state index is 9.06. The van der Waals surface area contributed by atoms with Gasteiger partial charge in [0.15, 0.2) is 5.15 Å². The summed E-state index contributed by atoms with van der Waals surface area (Å²) < 4.78 is 0. The van der Waals surface area contributed by atoms with E-state index in [4.69, 9.17) is 34.0 Å². The Kier molecular flexibility index (Phi) is 4.23. The van der Waals surface area contributed by atoms with E-state index in [1.807, 2.05) is 0 Å². The number of aromatic nitrogens is 3. The predicted molar refractivity (Wildman–Crippen MR) is 70.7 cm³/mol. The van der Waals surface area contributed by atoms with Crippen molar-refractivity contribution in [2.24, 2.45) is 0 Å². The zero-order valence-electron chi connectivity index (χ0n) is 8.97. The first-order chi connectivity index (χ1) is 8.61. The number of hydrogen-bond acceptors (Lipinski definition) is 6. The number of aliphatic hydroxyl groups is 1. The number of anilines is 1. The van der Waals surface area contributed by atoms with Gasteiger partial charge in [-0.2, -0.15) is 0 Å². The molecule has 0 aromatic carbocycles. The number of pyridine rings is 1. The Morgan fingerprint density at radius 2 is 2.11 bits per heavy atom. The maximum Gasteiger partial charge on any atom is 0.152 e. The van der Waals surface area contributed by atoms with Crippen LogP contribution in [0.3, 0.4) is 0 Å². The second kappa shape index (κ2) is 5.71. The van der Waals surface area contributed by atoms with E-state index < -0.39 is 0 Å². The summed E-state index contributed by atoms with van der Waals surface area (Å²) in [6.07, 6.45) is 3.05. The maximum absolute atomic E-state index is 9.06. The van der Waals surface area contributed by atoms with Gasteiger partial charge in [0, 0.05) is 11.1 Å². The number of aliphatic hydroxyl groups excluding tert-OH is 1. The van der Waals surface area contributed by atoms with Gasteiger partial charge in [-0.3, -0.25) is 0 Å². The summed E-state index contributed by atoms with van der Waals surface area (Å²) in [6.45, 7) is -0.271. The molecule has 5 nitrogen and oxygen atoms in total. The molecule has 2 rings (SSSR count). The lowest BCUT2D eigenvalue weighted by atomic mass is 10.5. The molecule has 0 atom stereocenters. The topological polar surface area (TPSA) is 84.9 Å². The molecule has 0 aliphatic rings. The molecule has 0 spiro atoms. The molecule has 0 saturated carbocycles. The first-order valence-corrected chi connectivity index (χ1v) is 6.39. The van der Waals surface area contributed by atoms with E-state index in [9.17, 15) is 0 Å². The Balaban J connectivity index is 2.31. The fraction of sp³-hybridized carbons (Fsp3) is 0.100. The van der Waals surface area contributed by atoms with Crippen LogP contribution in [0, 0.1) is 0 Å². The monoisotopic (exact) mass is 302 g/mol. The van der Waals surface area contributed by atoms with Gasteiger partial charge < -0.3 is 10.8 Å². The van der Waals surface area contributed by atoms with Gasteiger partial charge in [-0.25, -0.2) is 15.0 Å². The number of hydrogen-bond donors (Lipinski definition) is 2. The van der Waals surface area contributed by atoms with E-state index in [-0.39, 0.29) is 17.6 Å². The predicted octanol–water partition coefficient (Wildman–Crippen LogP) is 2.40. The standard InChI is InChI=1S/C10H8Cl2N4OS/c11-8-6(1-2-14-10(8)13)18-7-3-15-9(12)5(4-17)16-7/h1-3,17H,4H2,(H2,13,14). The van der Waals surface area contributed by atoms with Crippen LogP contribution >= 0.6 is 35.0 Å². The lowest BCUT2D eigenvalue weighted by Crippen LogP contribution is -1.96. The van der Waals surface area contributed by atoms with Crippen LogP contribution in [0.15, 0.2) is 28.4 Å². The molecule has 0 saturated heterocycles. The van der Waals surface area contributed by atoms with Crippen LogP contribution in [-0.4, -0.2) is 20.1 Å². The van der Waals surface area contributed by atoms with Crippen molar-refractivity contribution in [2.75, 3.05) is 5.73 Å². The van der Waals surface area contributed by atoms with Crippen LogP contribution in [-0.2, 0) is 6.61 Å². The molecular formula is C10H8Cl2N4OS. The van der Waals surface area contributed by atoms with Gasteiger partial charge in [0.05, 0.1) is 17.8 Å². The molecule has 0 aliphatic heterocycles. The van der Waals surface area contributed by atoms with E-state index in [1.165, 1.54) is 18.0 Å². The van der Waals surface area contributed by atoms with Crippen molar-refractivity contribution in [1.82, 2.24) is 15.0 Å². The second-order valence-electron chi connectivity index (χ2n) is 3.21. The second-order valence-corrected chi connectivity index (χ2v) is 5.01. The molecule has 0 fully saturated rings. The van der Waals surface area contributed by atoms with Crippen LogP contribution < -0.4 is 5.73 Å². The Morgan fingerprint density at radius 1 is 1.33 bits per heavy atom. The molecule has 0 amide bonds. The lowest BCUT2D eigenvalue weighted by molar-refractivity contribution is 0.275. The van der Waals surface area contributed by atoms with E-state index in [2.05, 4.69) is 15.0 Å². The van der Waals surface area contributed by atoms with Gasteiger partial charge >= 0.3 is 0 Å². The highest BCUT2D eigenvalue weighted by molar-refractivity contribution is 7.99. The van der Waals surface area contributed by atoms with Gasteiger partial charge in [0.1, 0.15) is 16.5 Å². The highest BCUT2D eigenvalue weighted by Gasteiger charge is 2.10. The minimum atomic E-state index is -0.271. The van der Waals surface area contributed by atoms with Gasteiger partial charge in [-0.1, -0.05) is 35.0 Å². The van der Waals surface area contributed by atoms with Crippen molar-refractivity contribution in [2.45, 2.75) is 16.5 Å². The Hall–Kier alpha value is -1.08. The average molecular weight is 303 g/mol. The first kappa shape index (κ1) is 13.4. The van der Waals surface area contributed by atoms with Crippen molar-refractivity contribution < 1.29 is 5.11 Å². The average Bonchev–Trinajstić information content (AvgIpc) is 2.37. The van der Waals surface area contributed by atoms with Gasteiger partial charge in [-0.15, -0.1) is 0 Å². The number of halogens is 2. The largest absolute Gasteiger partial charge is 0.390 e. The van der Waals surface area contributed by atoms with E-state index >= 15 is 0 Å². The third-order valence-electron chi connectivity index (χ3n) is 2.02. The SMILES string of the molecule is Nc1nccc(Sc2cnc(Cl)c(CO)n2)c1Cl. The molecule has 0 aliphatic carbocycles. The molecule has 3 N–H and O–H groups in total. The summed E-state index contributed by atoms with van der Waals surface area (Å²) in [4.78, 5) is 12.7. The summed E-state index contributed by atoms with van der Waals surface area (Å²) in [5.74, 6) is 0.256. The fourth-order valence-corrected chi connectivity index (χ4v) is 2.36. The van der Waals surface area contributed by atoms with Crippen molar-refractivity contribution in [1.29, 1.82) is 0 Å². The molecule has 2 aromatic heterocycles. The highest BCUT2D eigenvalue weighted by Crippen LogP contribution is 2.34. The Morgan fingerprint density at radius 3 is 2.83 bits per heavy atom. The summed E-state index contributed by atoms with van der Waals surface area (Å²) in [7, 11) is 0. The number of nitrogen functional groups attached to an aromatic ring is 1. The van der Waals surface area contributed by atoms with Crippen molar-refractivity contribution in [3.8, 4) is 0 Å². The fourth-order valence-electron chi connectivity index (χ4n) is 1.18. The van der Waals surface area contributed by atoms with E-state index in [1.54, 1.807) is 12.3 Å². The molecular weight excluding hydrogens is 295 g/mol. The quantitative estimate of drug-likeness (QED) is 0.905. The summed E-state index contributed by atoms with van der Waals surface area (Å²) in [5, 5.41) is 10.2. The van der Waals surface area contributed by atoms with Crippen LogP contribution in [0.5, 0.6) is 0 Å². The minimum Gasteiger partial charge on any atom is -0.390 e. The van der Waals surface area contributed by atoms with Crippen LogP contribution in [0.25, 0.3) is 0 Å². The minimum absolute atomic E-state index is 0.183. The van der Waals surface area contributed by atoms with Crippen LogP contribution in [0.2, 0.25) is 10.2 Å². The summed E-state index contributed by atoms with van der Waals surface area (Å²) in [5.41, 5.74) is 5.92. The highest BCUT2D eigenvalue weighted by atomic mass is 35.5. The molecule has 0 radical (unpaired) electrons. The van der Waals surface area contributed by atoms with Gasteiger partial charge in [0.25, 0.3) is 0 Å². The van der Waals surface area contributed by atoms with Crippen molar-refractivity contribution in [3.05, 3.63) is 34.3 Å². The van der Waals surface area contributed by atoms with E-state index in [0.717, 1.165) is 0 Å². The Bertz CT molecular complexity index is 582.